The van der Waals surface area contributed by atoms with Gasteiger partial charge in [0.2, 0.25) is 11.8 Å². The minimum absolute atomic E-state index is 0.0310. The summed E-state index contributed by atoms with van der Waals surface area (Å²) < 4.78 is 10.5. The zero-order valence-corrected chi connectivity index (χ0v) is 13.4. The number of hydrogen-bond acceptors (Lipinski definition) is 4. The average molecular weight is 308 g/mol. The summed E-state index contributed by atoms with van der Waals surface area (Å²) in [4.78, 5) is 26.1. The van der Waals surface area contributed by atoms with Crippen LogP contribution in [-0.4, -0.2) is 43.0 Å². The molecule has 0 bridgehead atoms. The molecule has 0 aromatic carbocycles. The van der Waals surface area contributed by atoms with Crippen LogP contribution in [-0.2, 0) is 20.9 Å². The highest BCUT2D eigenvalue weighted by Gasteiger charge is 2.36. The van der Waals surface area contributed by atoms with Crippen molar-refractivity contribution in [1.82, 2.24) is 10.2 Å². The van der Waals surface area contributed by atoms with Gasteiger partial charge in [-0.1, -0.05) is 0 Å². The van der Waals surface area contributed by atoms with Crippen molar-refractivity contribution in [2.75, 3.05) is 20.3 Å². The Balaban J connectivity index is 1.92. The monoisotopic (exact) mass is 308 g/mol. The molecule has 2 amide bonds. The number of likely N-dealkylation sites (tertiary alicyclic amines) is 1. The first-order valence-electron chi connectivity index (χ1n) is 7.64. The second-order valence-electron chi connectivity index (χ2n) is 5.70. The zero-order valence-electron chi connectivity index (χ0n) is 13.4. The first-order chi connectivity index (χ1) is 10.5. The van der Waals surface area contributed by atoms with E-state index in [9.17, 15) is 9.59 Å². The fourth-order valence-corrected chi connectivity index (χ4v) is 2.86. The lowest BCUT2D eigenvalue weighted by atomic mass is 9.89. The molecule has 1 fully saturated rings. The number of nitrogens with one attached hydrogen (secondary N) is 1. The molecule has 0 unspecified atom stereocenters. The van der Waals surface area contributed by atoms with E-state index >= 15 is 0 Å². The molecular weight excluding hydrogens is 284 g/mol. The molecule has 1 aliphatic heterocycles. The van der Waals surface area contributed by atoms with Crippen molar-refractivity contribution < 1.29 is 18.7 Å². The van der Waals surface area contributed by atoms with E-state index < -0.39 is 0 Å². The van der Waals surface area contributed by atoms with E-state index in [1.165, 1.54) is 0 Å². The Morgan fingerprint density at radius 3 is 2.91 bits per heavy atom. The fourth-order valence-electron chi connectivity index (χ4n) is 2.86. The maximum absolute atomic E-state index is 12.4. The largest absolute Gasteiger partial charge is 0.465 e. The molecule has 0 aliphatic carbocycles. The molecule has 122 valence electrons. The molecular formula is C16H24N2O4. The van der Waals surface area contributed by atoms with Crippen LogP contribution >= 0.6 is 0 Å². The van der Waals surface area contributed by atoms with Crippen molar-refractivity contribution in [1.29, 1.82) is 0 Å². The van der Waals surface area contributed by atoms with Gasteiger partial charge in [-0.2, -0.15) is 0 Å². The number of methoxy groups -OCH3 is 1. The van der Waals surface area contributed by atoms with Gasteiger partial charge in [0.05, 0.1) is 19.1 Å². The molecule has 1 aromatic heterocycles. The van der Waals surface area contributed by atoms with Crippen LogP contribution in [0.2, 0.25) is 0 Å². The highest BCUT2D eigenvalue weighted by atomic mass is 16.5. The predicted octanol–water partition coefficient (Wildman–Crippen LogP) is 1.48. The van der Waals surface area contributed by atoms with Crippen LogP contribution in [0, 0.1) is 12.8 Å². The highest BCUT2D eigenvalue weighted by Crippen LogP contribution is 2.24. The van der Waals surface area contributed by atoms with Crippen LogP contribution in [0.5, 0.6) is 0 Å². The van der Waals surface area contributed by atoms with Gasteiger partial charge in [-0.15, -0.1) is 0 Å². The van der Waals surface area contributed by atoms with E-state index in [0.717, 1.165) is 11.5 Å². The minimum Gasteiger partial charge on any atom is -0.465 e. The molecule has 1 aliphatic rings. The number of ether oxygens (including phenoxy) is 1. The Bertz CT molecular complexity index is 526. The lowest BCUT2D eigenvalue weighted by Gasteiger charge is -2.38. The number of aryl methyl sites for hydroxylation is 1. The van der Waals surface area contributed by atoms with Crippen LogP contribution in [0.1, 0.15) is 31.3 Å². The van der Waals surface area contributed by atoms with Crippen LogP contribution in [0.15, 0.2) is 16.5 Å². The van der Waals surface area contributed by atoms with E-state index in [1.807, 2.05) is 26.0 Å². The van der Waals surface area contributed by atoms with Crippen molar-refractivity contribution >= 4 is 11.8 Å². The van der Waals surface area contributed by atoms with Gasteiger partial charge < -0.3 is 19.4 Å². The quantitative estimate of drug-likeness (QED) is 0.864. The maximum atomic E-state index is 12.4. The molecule has 2 atom stereocenters. The number of nitrogens with zero attached hydrogens (tertiary/aromatic N) is 1. The van der Waals surface area contributed by atoms with Crippen LogP contribution < -0.4 is 5.32 Å². The third-order valence-corrected chi connectivity index (χ3v) is 4.17. The van der Waals surface area contributed by atoms with Crippen molar-refractivity contribution in [2.24, 2.45) is 5.92 Å². The smallest absolute Gasteiger partial charge is 0.225 e. The molecule has 0 radical (unpaired) electrons. The van der Waals surface area contributed by atoms with Crippen LogP contribution in [0.4, 0.5) is 0 Å². The Kier molecular flexibility index (Phi) is 5.60. The third kappa shape index (κ3) is 3.88. The molecule has 2 heterocycles. The van der Waals surface area contributed by atoms with Crippen molar-refractivity contribution in [3.05, 3.63) is 23.7 Å². The van der Waals surface area contributed by atoms with Crippen molar-refractivity contribution in [2.45, 2.75) is 39.3 Å². The van der Waals surface area contributed by atoms with Gasteiger partial charge >= 0.3 is 0 Å². The highest BCUT2D eigenvalue weighted by molar-refractivity contribution is 5.84. The van der Waals surface area contributed by atoms with Gasteiger partial charge in [-0.05, 0) is 32.4 Å². The summed E-state index contributed by atoms with van der Waals surface area (Å²) in [5.41, 5.74) is 0. The van der Waals surface area contributed by atoms with E-state index in [1.54, 1.807) is 12.0 Å². The van der Waals surface area contributed by atoms with E-state index in [0.29, 0.717) is 32.5 Å². The summed E-state index contributed by atoms with van der Waals surface area (Å²) in [6.07, 6.45) is 0.999. The standard InChI is InChI=1S/C16H24N2O4/c1-11-4-5-13(22-11)10-17-16(20)14-6-7-15(19)18(12(14)2)8-9-21-3/h4-5,12,14H,6-10H2,1-3H3,(H,17,20)/t12-,14-/m1/s1. The molecule has 22 heavy (non-hydrogen) atoms. The number of hydrogen-bond donors (Lipinski definition) is 1. The molecule has 0 saturated carbocycles. The summed E-state index contributed by atoms with van der Waals surface area (Å²) >= 11 is 0. The Morgan fingerprint density at radius 1 is 1.50 bits per heavy atom. The molecule has 2 rings (SSSR count). The second-order valence-corrected chi connectivity index (χ2v) is 5.70. The molecule has 1 saturated heterocycles. The van der Waals surface area contributed by atoms with Crippen molar-refractivity contribution in [3.63, 3.8) is 0 Å². The third-order valence-electron chi connectivity index (χ3n) is 4.17. The summed E-state index contributed by atoms with van der Waals surface area (Å²) in [5.74, 6) is 1.44. The molecule has 1 aromatic rings. The van der Waals surface area contributed by atoms with Gasteiger partial charge in [0.25, 0.3) is 0 Å². The molecule has 6 heteroatoms. The van der Waals surface area contributed by atoms with E-state index in [-0.39, 0.29) is 23.8 Å². The Morgan fingerprint density at radius 2 is 2.27 bits per heavy atom. The predicted molar refractivity (Wildman–Crippen MR) is 81.1 cm³/mol. The lowest BCUT2D eigenvalue weighted by molar-refractivity contribution is -0.143. The van der Waals surface area contributed by atoms with Gasteiger partial charge in [0.15, 0.2) is 0 Å². The number of carbonyl (C=O) groups excluding carboxylic acids is 2. The average Bonchev–Trinajstić information content (AvgIpc) is 2.90. The summed E-state index contributed by atoms with van der Waals surface area (Å²) in [6, 6.07) is 3.61. The van der Waals surface area contributed by atoms with E-state index in [2.05, 4.69) is 5.32 Å². The van der Waals surface area contributed by atoms with Gasteiger partial charge in [0, 0.05) is 26.1 Å². The topological polar surface area (TPSA) is 71.8 Å². The summed E-state index contributed by atoms with van der Waals surface area (Å²) in [7, 11) is 1.61. The molecule has 1 N–H and O–H groups in total. The Labute approximate surface area is 130 Å². The second kappa shape index (κ2) is 7.45. The lowest BCUT2D eigenvalue weighted by Crippen LogP contribution is -2.52. The molecule has 6 nitrogen and oxygen atoms in total. The van der Waals surface area contributed by atoms with Gasteiger partial charge in [-0.3, -0.25) is 9.59 Å². The van der Waals surface area contributed by atoms with Crippen molar-refractivity contribution in [3.8, 4) is 0 Å². The summed E-state index contributed by atoms with van der Waals surface area (Å²) in [5, 5.41) is 2.90. The van der Waals surface area contributed by atoms with Crippen LogP contribution in [0.3, 0.4) is 0 Å². The van der Waals surface area contributed by atoms with E-state index in [4.69, 9.17) is 9.15 Å². The first-order valence-corrected chi connectivity index (χ1v) is 7.64. The number of amides is 2. The number of furan rings is 1. The van der Waals surface area contributed by atoms with Crippen LogP contribution in [0.25, 0.3) is 0 Å². The van der Waals surface area contributed by atoms with Gasteiger partial charge in [-0.25, -0.2) is 0 Å². The maximum Gasteiger partial charge on any atom is 0.225 e. The Hall–Kier alpha value is -1.82. The fraction of sp³-hybridized carbons (Fsp3) is 0.625. The zero-order chi connectivity index (χ0) is 16.1. The molecule has 0 spiro atoms. The SMILES string of the molecule is COCCN1C(=O)CC[C@@H](C(=O)NCc2ccc(C)o2)[C@H]1C. The summed E-state index contributed by atoms with van der Waals surface area (Å²) in [6.45, 7) is 5.18. The normalized spacial score (nSPS) is 22.0. The first kappa shape index (κ1) is 16.5. The number of carbonyl (C=O) groups is 2. The number of piperidine rings is 1. The van der Waals surface area contributed by atoms with Gasteiger partial charge in [0.1, 0.15) is 11.5 Å². The minimum atomic E-state index is -0.189. The number of rotatable bonds is 6.